The van der Waals surface area contributed by atoms with Crippen LogP contribution in [0.3, 0.4) is 0 Å². The van der Waals surface area contributed by atoms with Crippen LogP contribution in [0.2, 0.25) is 0 Å². The quantitative estimate of drug-likeness (QED) is 0.838. The second-order valence-corrected chi connectivity index (χ2v) is 7.26. The Bertz CT molecular complexity index is 674. The molecule has 0 saturated heterocycles. The van der Waals surface area contributed by atoms with Crippen LogP contribution in [-0.2, 0) is 4.79 Å². The van der Waals surface area contributed by atoms with Crippen molar-refractivity contribution in [3.63, 3.8) is 0 Å². The molecule has 2 aromatic rings. The van der Waals surface area contributed by atoms with Crippen molar-refractivity contribution < 1.29 is 4.79 Å². The molecular weight excluding hydrogens is 354 g/mol. The topological polar surface area (TPSA) is 57.8 Å². The molecule has 1 aliphatic rings. The van der Waals surface area contributed by atoms with Crippen LogP contribution in [0.25, 0.3) is 11.3 Å². The van der Waals surface area contributed by atoms with E-state index in [-0.39, 0.29) is 5.91 Å². The van der Waals surface area contributed by atoms with Crippen molar-refractivity contribution in [2.45, 2.75) is 38.5 Å². The maximum Gasteiger partial charge on any atom is 0.216 e. The number of aromatic nitrogens is 2. The highest BCUT2D eigenvalue weighted by Crippen LogP contribution is 2.35. The van der Waals surface area contributed by atoms with E-state index in [0.717, 1.165) is 53.8 Å². The average molecular weight is 376 g/mol. The minimum atomic E-state index is 0.0665. The SMILES string of the molecule is CC(=O)NCC1CCC(c2ncc(-c3cccc(Br)c3)[nH]2)CC1. The van der Waals surface area contributed by atoms with E-state index in [9.17, 15) is 4.79 Å². The largest absolute Gasteiger partial charge is 0.356 e. The fraction of sp³-hybridized carbons (Fsp3) is 0.444. The van der Waals surface area contributed by atoms with Crippen LogP contribution >= 0.6 is 15.9 Å². The fourth-order valence-electron chi connectivity index (χ4n) is 3.27. The average Bonchev–Trinajstić information content (AvgIpc) is 3.03. The number of benzene rings is 1. The Morgan fingerprint density at radius 1 is 1.35 bits per heavy atom. The highest BCUT2D eigenvalue weighted by Gasteiger charge is 2.24. The molecule has 2 N–H and O–H groups in total. The molecule has 1 heterocycles. The van der Waals surface area contributed by atoms with Crippen LogP contribution in [0.4, 0.5) is 0 Å². The molecule has 1 aromatic carbocycles. The van der Waals surface area contributed by atoms with Crippen molar-refractivity contribution in [2.75, 3.05) is 6.54 Å². The number of nitrogens with one attached hydrogen (secondary N) is 2. The summed E-state index contributed by atoms with van der Waals surface area (Å²) in [4.78, 5) is 19.1. The van der Waals surface area contributed by atoms with Crippen LogP contribution in [0.15, 0.2) is 34.9 Å². The molecule has 4 nitrogen and oxygen atoms in total. The highest BCUT2D eigenvalue weighted by atomic mass is 79.9. The first-order chi connectivity index (χ1) is 11.1. The molecule has 0 atom stereocenters. The van der Waals surface area contributed by atoms with Gasteiger partial charge in [0.1, 0.15) is 5.82 Å². The van der Waals surface area contributed by atoms with E-state index in [0.29, 0.717) is 11.8 Å². The third-order valence-corrected chi connectivity index (χ3v) is 5.10. The Kier molecular flexibility index (Phi) is 5.16. The number of rotatable bonds is 4. The lowest BCUT2D eigenvalue weighted by molar-refractivity contribution is -0.119. The number of hydrogen-bond donors (Lipinski definition) is 2. The van der Waals surface area contributed by atoms with Gasteiger partial charge in [0.2, 0.25) is 5.91 Å². The summed E-state index contributed by atoms with van der Waals surface area (Å²) in [6, 6.07) is 8.25. The van der Waals surface area contributed by atoms with Crippen LogP contribution in [0.5, 0.6) is 0 Å². The summed E-state index contributed by atoms with van der Waals surface area (Å²) in [6.07, 6.45) is 6.50. The molecule has 1 aliphatic carbocycles. The molecule has 0 bridgehead atoms. The van der Waals surface area contributed by atoms with Gasteiger partial charge in [0.25, 0.3) is 0 Å². The number of hydrogen-bond acceptors (Lipinski definition) is 2. The maximum atomic E-state index is 11.0. The fourth-order valence-corrected chi connectivity index (χ4v) is 3.67. The van der Waals surface area contributed by atoms with Gasteiger partial charge in [-0.1, -0.05) is 28.1 Å². The lowest BCUT2D eigenvalue weighted by Gasteiger charge is -2.27. The molecule has 0 radical (unpaired) electrons. The minimum Gasteiger partial charge on any atom is -0.356 e. The second-order valence-electron chi connectivity index (χ2n) is 6.35. The van der Waals surface area contributed by atoms with Crippen molar-refractivity contribution in [3.8, 4) is 11.3 Å². The first-order valence-electron chi connectivity index (χ1n) is 8.17. The summed E-state index contributed by atoms with van der Waals surface area (Å²) >= 11 is 3.51. The van der Waals surface area contributed by atoms with Gasteiger partial charge >= 0.3 is 0 Å². The van der Waals surface area contributed by atoms with Crippen LogP contribution < -0.4 is 5.32 Å². The Morgan fingerprint density at radius 2 is 2.13 bits per heavy atom. The van der Waals surface area contributed by atoms with E-state index in [2.05, 4.69) is 43.3 Å². The van der Waals surface area contributed by atoms with Gasteiger partial charge in [0, 0.05) is 29.4 Å². The first kappa shape index (κ1) is 16.2. The van der Waals surface area contributed by atoms with Crippen molar-refractivity contribution in [1.29, 1.82) is 0 Å². The number of carbonyl (C=O) groups excluding carboxylic acids is 1. The van der Waals surface area contributed by atoms with Gasteiger partial charge in [0.15, 0.2) is 0 Å². The zero-order valence-corrected chi connectivity index (χ0v) is 14.9. The zero-order valence-electron chi connectivity index (χ0n) is 13.3. The monoisotopic (exact) mass is 375 g/mol. The van der Waals surface area contributed by atoms with Gasteiger partial charge in [-0.15, -0.1) is 0 Å². The van der Waals surface area contributed by atoms with E-state index in [1.165, 1.54) is 0 Å². The Morgan fingerprint density at radius 3 is 2.83 bits per heavy atom. The minimum absolute atomic E-state index is 0.0665. The van der Waals surface area contributed by atoms with Gasteiger partial charge in [-0.05, 0) is 43.7 Å². The molecule has 3 rings (SSSR count). The lowest BCUT2D eigenvalue weighted by Crippen LogP contribution is -2.29. The van der Waals surface area contributed by atoms with Crippen LogP contribution in [0.1, 0.15) is 44.3 Å². The summed E-state index contributed by atoms with van der Waals surface area (Å²) in [5.74, 6) is 2.27. The first-order valence-corrected chi connectivity index (χ1v) is 8.96. The molecule has 1 aromatic heterocycles. The molecule has 1 fully saturated rings. The van der Waals surface area contributed by atoms with Crippen molar-refractivity contribution >= 4 is 21.8 Å². The molecule has 0 spiro atoms. The van der Waals surface area contributed by atoms with E-state index >= 15 is 0 Å². The Balaban J connectivity index is 1.60. The van der Waals surface area contributed by atoms with Gasteiger partial charge in [-0.2, -0.15) is 0 Å². The van der Waals surface area contributed by atoms with Crippen molar-refractivity contribution in [3.05, 3.63) is 40.8 Å². The van der Waals surface area contributed by atoms with Gasteiger partial charge < -0.3 is 10.3 Å². The summed E-state index contributed by atoms with van der Waals surface area (Å²) in [5, 5.41) is 2.93. The lowest BCUT2D eigenvalue weighted by atomic mass is 9.81. The number of amides is 1. The second kappa shape index (κ2) is 7.30. The van der Waals surface area contributed by atoms with Crippen molar-refractivity contribution in [1.82, 2.24) is 15.3 Å². The summed E-state index contributed by atoms with van der Waals surface area (Å²) in [6.45, 7) is 2.39. The number of H-pyrrole nitrogens is 1. The van der Waals surface area contributed by atoms with Crippen LogP contribution in [0, 0.1) is 5.92 Å². The molecular formula is C18H22BrN3O. The van der Waals surface area contributed by atoms with E-state index in [1.807, 2.05) is 18.3 Å². The molecule has 0 aliphatic heterocycles. The smallest absolute Gasteiger partial charge is 0.216 e. The molecule has 23 heavy (non-hydrogen) atoms. The highest BCUT2D eigenvalue weighted by molar-refractivity contribution is 9.10. The predicted octanol–water partition coefficient (Wildman–Crippen LogP) is 4.25. The number of halogens is 1. The van der Waals surface area contributed by atoms with E-state index in [1.54, 1.807) is 6.92 Å². The Hall–Kier alpha value is -1.62. The number of nitrogens with zero attached hydrogens (tertiary/aromatic N) is 1. The molecule has 122 valence electrons. The molecule has 0 unspecified atom stereocenters. The molecule has 1 saturated carbocycles. The van der Waals surface area contributed by atoms with Gasteiger partial charge in [0.05, 0.1) is 11.9 Å². The summed E-state index contributed by atoms with van der Waals surface area (Å²) in [7, 11) is 0. The maximum absolute atomic E-state index is 11.0. The number of aromatic amines is 1. The van der Waals surface area contributed by atoms with E-state index in [4.69, 9.17) is 0 Å². The normalized spacial score (nSPS) is 21.1. The van der Waals surface area contributed by atoms with E-state index < -0.39 is 0 Å². The molecule has 1 amide bonds. The van der Waals surface area contributed by atoms with Gasteiger partial charge in [-0.25, -0.2) is 4.98 Å². The van der Waals surface area contributed by atoms with Gasteiger partial charge in [-0.3, -0.25) is 4.79 Å². The Labute approximate surface area is 145 Å². The zero-order chi connectivity index (χ0) is 16.2. The van der Waals surface area contributed by atoms with Crippen LogP contribution in [-0.4, -0.2) is 22.4 Å². The standard InChI is InChI=1S/C18H22BrN3O/c1-12(23)20-10-13-5-7-14(8-6-13)18-21-11-17(22-18)15-3-2-4-16(19)9-15/h2-4,9,11,13-14H,5-8,10H2,1H3,(H,20,23)(H,21,22). The van der Waals surface area contributed by atoms with Crippen molar-refractivity contribution in [2.24, 2.45) is 5.92 Å². The third-order valence-electron chi connectivity index (χ3n) is 4.60. The summed E-state index contributed by atoms with van der Waals surface area (Å²) < 4.78 is 1.07. The third kappa shape index (κ3) is 4.22. The number of carbonyl (C=O) groups is 1. The summed E-state index contributed by atoms with van der Waals surface area (Å²) in [5.41, 5.74) is 2.22. The predicted molar refractivity (Wildman–Crippen MR) is 95.1 cm³/mol. The number of imidazole rings is 1. The molecule has 5 heteroatoms.